The summed E-state index contributed by atoms with van der Waals surface area (Å²) in [7, 11) is -3.15. The normalized spacial score (nSPS) is 23.9. The summed E-state index contributed by atoms with van der Waals surface area (Å²) in [5.74, 6) is 0.189. The fourth-order valence-corrected chi connectivity index (χ4v) is 3.44. The van der Waals surface area contributed by atoms with E-state index >= 15 is 0 Å². The Kier molecular flexibility index (Phi) is 4.76. The second-order valence-electron chi connectivity index (χ2n) is 4.12. The zero-order valence-corrected chi connectivity index (χ0v) is 10.0. The number of hydrogen-bond donors (Lipinski definition) is 2. The summed E-state index contributed by atoms with van der Waals surface area (Å²) in [4.78, 5) is 0. The van der Waals surface area contributed by atoms with Crippen molar-refractivity contribution in [1.29, 1.82) is 0 Å². The number of hydrogen-bond acceptors (Lipinski definition) is 3. The van der Waals surface area contributed by atoms with Gasteiger partial charge in [0.05, 0.1) is 5.75 Å². The molecule has 0 bridgehead atoms. The summed E-state index contributed by atoms with van der Waals surface area (Å²) >= 11 is 0. The van der Waals surface area contributed by atoms with Gasteiger partial charge in [0, 0.05) is 12.1 Å². The van der Waals surface area contributed by atoms with E-state index in [1.54, 1.807) is 6.08 Å². The summed E-state index contributed by atoms with van der Waals surface area (Å²) in [5.41, 5.74) is 0. The third-order valence-corrected chi connectivity index (χ3v) is 4.09. The Labute approximate surface area is 92.2 Å². The Balaban J connectivity index is 2.40. The van der Waals surface area contributed by atoms with E-state index in [0.717, 1.165) is 19.4 Å². The van der Waals surface area contributed by atoms with E-state index in [1.807, 2.05) is 6.92 Å². The third kappa shape index (κ3) is 4.77. The molecule has 0 spiro atoms. The molecular formula is C10H20N2O2S. The lowest BCUT2D eigenvalue weighted by Gasteiger charge is -2.15. The first-order valence-electron chi connectivity index (χ1n) is 5.38. The van der Waals surface area contributed by atoms with Gasteiger partial charge in [-0.25, -0.2) is 13.1 Å². The molecule has 1 saturated heterocycles. The van der Waals surface area contributed by atoms with E-state index in [2.05, 4.69) is 16.6 Å². The molecule has 88 valence electrons. The van der Waals surface area contributed by atoms with E-state index in [9.17, 15) is 8.42 Å². The maximum atomic E-state index is 11.7. The lowest BCUT2D eigenvalue weighted by atomic mass is 10.2. The van der Waals surface area contributed by atoms with Crippen molar-refractivity contribution in [3.63, 3.8) is 0 Å². The fourth-order valence-electron chi connectivity index (χ4n) is 1.82. The van der Waals surface area contributed by atoms with Crippen molar-refractivity contribution in [1.82, 2.24) is 10.0 Å². The molecule has 0 saturated carbocycles. The lowest BCUT2D eigenvalue weighted by Crippen LogP contribution is -2.40. The Hall–Kier alpha value is -0.390. The molecule has 5 heteroatoms. The van der Waals surface area contributed by atoms with Crippen molar-refractivity contribution in [2.45, 2.75) is 38.3 Å². The van der Waals surface area contributed by atoms with Crippen LogP contribution in [0.15, 0.2) is 12.7 Å². The third-order valence-electron chi connectivity index (χ3n) is 2.48. The first-order chi connectivity index (χ1) is 7.03. The molecule has 1 aliphatic rings. The Morgan fingerprint density at radius 1 is 1.67 bits per heavy atom. The van der Waals surface area contributed by atoms with Gasteiger partial charge in [-0.3, -0.25) is 0 Å². The van der Waals surface area contributed by atoms with Crippen molar-refractivity contribution in [2.24, 2.45) is 0 Å². The molecule has 0 aromatic carbocycles. The van der Waals surface area contributed by atoms with Crippen molar-refractivity contribution < 1.29 is 8.42 Å². The van der Waals surface area contributed by atoms with Gasteiger partial charge in [0.2, 0.25) is 10.0 Å². The molecule has 2 N–H and O–H groups in total. The molecule has 1 heterocycles. The van der Waals surface area contributed by atoms with Crippen LogP contribution in [0, 0.1) is 0 Å². The van der Waals surface area contributed by atoms with Gasteiger partial charge in [0.25, 0.3) is 0 Å². The van der Waals surface area contributed by atoms with Gasteiger partial charge in [0.1, 0.15) is 0 Å². The van der Waals surface area contributed by atoms with Gasteiger partial charge in [-0.05, 0) is 32.7 Å². The summed E-state index contributed by atoms with van der Waals surface area (Å²) in [6.45, 7) is 6.37. The van der Waals surface area contributed by atoms with Crippen molar-refractivity contribution in [3.05, 3.63) is 12.7 Å². The molecule has 0 radical (unpaired) electrons. The summed E-state index contributed by atoms with van der Waals surface area (Å²) in [6.07, 6.45) is 4.41. The van der Waals surface area contributed by atoms with Crippen LogP contribution in [0.2, 0.25) is 0 Å². The Morgan fingerprint density at radius 2 is 2.40 bits per heavy atom. The zero-order valence-electron chi connectivity index (χ0n) is 9.20. The van der Waals surface area contributed by atoms with Crippen LogP contribution in [0.25, 0.3) is 0 Å². The zero-order chi connectivity index (χ0) is 11.3. The molecule has 0 amide bonds. The first kappa shape index (κ1) is 12.7. The van der Waals surface area contributed by atoms with E-state index in [4.69, 9.17) is 0 Å². The van der Waals surface area contributed by atoms with Crippen LogP contribution in [0.5, 0.6) is 0 Å². The van der Waals surface area contributed by atoms with E-state index < -0.39 is 10.0 Å². The number of sulfonamides is 1. The SMILES string of the molecule is C=CCC(C)NS(=O)(=O)CC1CCCN1. The van der Waals surface area contributed by atoms with Crippen molar-refractivity contribution >= 4 is 10.0 Å². The van der Waals surface area contributed by atoms with E-state index in [1.165, 1.54) is 0 Å². The minimum atomic E-state index is -3.15. The average molecular weight is 232 g/mol. The van der Waals surface area contributed by atoms with Crippen molar-refractivity contribution in [3.8, 4) is 0 Å². The maximum absolute atomic E-state index is 11.7. The van der Waals surface area contributed by atoms with Gasteiger partial charge in [-0.2, -0.15) is 0 Å². The molecule has 0 aromatic rings. The van der Waals surface area contributed by atoms with Crippen LogP contribution in [-0.4, -0.2) is 32.8 Å². The second kappa shape index (κ2) is 5.63. The molecule has 15 heavy (non-hydrogen) atoms. The summed E-state index contributed by atoms with van der Waals surface area (Å²) in [5, 5.41) is 3.18. The highest BCUT2D eigenvalue weighted by atomic mass is 32.2. The second-order valence-corrected chi connectivity index (χ2v) is 5.92. The van der Waals surface area contributed by atoms with Crippen LogP contribution < -0.4 is 10.0 Å². The monoisotopic (exact) mass is 232 g/mol. The summed E-state index contributed by atoms with van der Waals surface area (Å²) in [6, 6.07) is 0.0623. The van der Waals surface area contributed by atoms with E-state index in [-0.39, 0.29) is 17.8 Å². The molecule has 0 aromatic heterocycles. The molecule has 2 unspecified atom stereocenters. The minimum Gasteiger partial charge on any atom is -0.313 e. The molecule has 4 nitrogen and oxygen atoms in total. The Bertz CT molecular complexity index is 295. The highest BCUT2D eigenvalue weighted by Gasteiger charge is 2.22. The smallest absolute Gasteiger partial charge is 0.213 e. The average Bonchev–Trinajstić information content (AvgIpc) is 2.54. The highest BCUT2D eigenvalue weighted by Crippen LogP contribution is 2.07. The number of nitrogens with one attached hydrogen (secondary N) is 2. The van der Waals surface area contributed by atoms with Crippen molar-refractivity contribution in [2.75, 3.05) is 12.3 Å². The molecule has 2 atom stereocenters. The van der Waals surface area contributed by atoms with Gasteiger partial charge in [-0.15, -0.1) is 6.58 Å². The quantitative estimate of drug-likeness (QED) is 0.660. The molecular weight excluding hydrogens is 212 g/mol. The topological polar surface area (TPSA) is 58.2 Å². The van der Waals surface area contributed by atoms with Crippen LogP contribution in [0.3, 0.4) is 0 Å². The first-order valence-corrected chi connectivity index (χ1v) is 7.03. The standard InChI is InChI=1S/C10H20N2O2S/c1-3-5-9(2)12-15(13,14)8-10-6-4-7-11-10/h3,9-12H,1,4-8H2,2H3. The largest absolute Gasteiger partial charge is 0.313 e. The Morgan fingerprint density at radius 3 is 2.93 bits per heavy atom. The minimum absolute atomic E-state index is 0.0612. The fraction of sp³-hybridized carbons (Fsp3) is 0.800. The predicted octanol–water partition coefficient (Wildman–Crippen LogP) is 0.622. The van der Waals surface area contributed by atoms with Crippen LogP contribution in [0.1, 0.15) is 26.2 Å². The van der Waals surface area contributed by atoms with Gasteiger partial charge in [0.15, 0.2) is 0 Å². The maximum Gasteiger partial charge on any atom is 0.213 e. The van der Waals surface area contributed by atoms with Crippen LogP contribution in [0.4, 0.5) is 0 Å². The van der Waals surface area contributed by atoms with Crippen LogP contribution in [-0.2, 0) is 10.0 Å². The van der Waals surface area contributed by atoms with Gasteiger partial charge in [-0.1, -0.05) is 6.08 Å². The number of rotatable bonds is 6. The highest BCUT2D eigenvalue weighted by molar-refractivity contribution is 7.89. The van der Waals surface area contributed by atoms with Gasteiger partial charge < -0.3 is 5.32 Å². The molecule has 1 fully saturated rings. The van der Waals surface area contributed by atoms with Crippen LogP contribution >= 0.6 is 0 Å². The summed E-state index contributed by atoms with van der Waals surface area (Å²) < 4.78 is 26.0. The van der Waals surface area contributed by atoms with Gasteiger partial charge >= 0.3 is 0 Å². The lowest BCUT2D eigenvalue weighted by molar-refractivity contribution is 0.547. The predicted molar refractivity (Wildman–Crippen MR) is 62.2 cm³/mol. The molecule has 1 rings (SSSR count). The molecule has 0 aliphatic carbocycles. The van der Waals surface area contributed by atoms with E-state index in [0.29, 0.717) is 6.42 Å². The molecule has 1 aliphatic heterocycles.